The van der Waals surface area contributed by atoms with Gasteiger partial charge in [0.25, 0.3) is 0 Å². The van der Waals surface area contributed by atoms with Crippen LogP contribution in [0.2, 0.25) is 0 Å². The molecule has 1 aliphatic rings. The van der Waals surface area contributed by atoms with Crippen LogP contribution in [0.5, 0.6) is 0 Å². The van der Waals surface area contributed by atoms with Crippen molar-refractivity contribution in [1.82, 2.24) is 4.98 Å². The third-order valence-electron chi connectivity index (χ3n) is 6.06. The van der Waals surface area contributed by atoms with Gasteiger partial charge in [-0.2, -0.15) is 0 Å². The summed E-state index contributed by atoms with van der Waals surface area (Å²) in [7, 11) is 0. The molecule has 2 heteroatoms. The Hall–Kier alpha value is -2.48. The Balaban J connectivity index is 2.03. The zero-order chi connectivity index (χ0) is 17.8. The van der Waals surface area contributed by atoms with Crippen LogP contribution in [0.3, 0.4) is 0 Å². The summed E-state index contributed by atoms with van der Waals surface area (Å²) in [6.45, 7) is 11.2. The molecule has 0 aliphatic carbocycles. The molecule has 0 atom stereocenters. The number of hydrogen-bond acceptors (Lipinski definition) is 2. The molecule has 2 nitrogen and oxygen atoms in total. The first-order valence-electron chi connectivity index (χ1n) is 8.87. The lowest BCUT2D eigenvalue weighted by Gasteiger charge is -2.44. The van der Waals surface area contributed by atoms with Gasteiger partial charge in [-0.3, -0.25) is 9.98 Å². The maximum absolute atomic E-state index is 5.24. The van der Waals surface area contributed by atoms with E-state index < -0.39 is 0 Å². The maximum Gasteiger partial charge on any atom is 0.0737 e. The molecule has 4 rings (SSSR count). The second kappa shape index (κ2) is 5.26. The van der Waals surface area contributed by atoms with Crippen LogP contribution < -0.4 is 0 Å². The van der Waals surface area contributed by atoms with Crippen molar-refractivity contribution in [1.29, 1.82) is 0 Å². The van der Waals surface area contributed by atoms with Gasteiger partial charge >= 0.3 is 0 Å². The Bertz CT molecular complexity index is 1010. The highest BCUT2D eigenvalue weighted by Crippen LogP contribution is 2.44. The van der Waals surface area contributed by atoms with Crippen LogP contribution in [0.1, 0.15) is 49.9 Å². The van der Waals surface area contributed by atoms with E-state index in [0.29, 0.717) is 0 Å². The first kappa shape index (κ1) is 16.0. The molecule has 2 aromatic carbocycles. The molecule has 1 aliphatic heterocycles. The van der Waals surface area contributed by atoms with E-state index in [1.807, 2.05) is 12.3 Å². The smallest absolute Gasteiger partial charge is 0.0737 e. The molecule has 0 N–H and O–H groups in total. The first-order valence-corrected chi connectivity index (χ1v) is 8.87. The van der Waals surface area contributed by atoms with Crippen molar-refractivity contribution >= 4 is 16.6 Å². The second-order valence-corrected chi connectivity index (χ2v) is 8.00. The van der Waals surface area contributed by atoms with E-state index in [4.69, 9.17) is 4.99 Å². The van der Waals surface area contributed by atoms with Gasteiger partial charge in [0.15, 0.2) is 0 Å². The summed E-state index contributed by atoms with van der Waals surface area (Å²) in [5.41, 5.74) is 6.94. The molecule has 2 heterocycles. The lowest BCUT2D eigenvalue weighted by atomic mass is 9.65. The number of aromatic nitrogens is 1. The van der Waals surface area contributed by atoms with Crippen LogP contribution in [-0.2, 0) is 5.41 Å². The number of pyridine rings is 1. The first-order chi connectivity index (χ1) is 11.8. The van der Waals surface area contributed by atoms with Gasteiger partial charge in [-0.25, -0.2) is 0 Å². The van der Waals surface area contributed by atoms with Gasteiger partial charge in [0.2, 0.25) is 0 Å². The van der Waals surface area contributed by atoms with Crippen LogP contribution in [0, 0.1) is 6.92 Å². The minimum atomic E-state index is -0.178. The minimum Gasteiger partial charge on any atom is -0.277 e. The molecule has 0 amide bonds. The predicted molar refractivity (Wildman–Crippen MR) is 106 cm³/mol. The van der Waals surface area contributed by atoms with Gasteiger partial charge in [0.1, 0.15) is 0 Å². The average molecular weight is 328 g/mol. The number of hydrogen-bond donors (Lipinski definition) is 0. The van der Waals surface area contributed by atoms with E-state index in [-0.39, 0.29) is 11.0 Å². The molecular formula is C23H24N2. The van der Waals surface area contributed by atoms with Crippen LogP contribution in [0.25, 0.3) is 10.9 Å². The Morgan fingerprint density at radius 3 is 2.36 bits per heavy atom. The summed E-state index contributed by atoms with van der Waals surface area (Å²) in [6, 6.07) is 17.1. The molecule has 0 saturated heterocycles. The number of nitrogens with zero attached hydrogens (tertiary/aromatic N) is 2. The van der Waals surface area contributed by atoms with Gasteiger partial charge < -0.3 is 0 Å². The van der Waals surface area contributed by atoms with Gasteiger partial charge in [0.05, 0.1) is 16.8 Å². The molecule has 0 radical (unpaired) electrons. The molecular weight excluding hydrogens is 304 g/mol. The molecule has 0 spiro atoms. The quantitative estimate of drug-likeness (QED) is 0.583. The fourth-order valence-electron chi connectivity index (χ4n) is 3.80. The van der Waals surface area contributed by atoms with Crippen LogP contribution in [0.4, 0.5) is 0 Å². The lowest BCUT2D eigenvalue weighted by Crippen LogP contribution is -2.46. The highest BCUT2D eigenvalue weighted by molar-refractivity contribution is 6.17. The third-order valence-corrected chi connectivity index (χ3v) is 6.06. The van der Waals surface area contributed by atoms with Gasteiger partial charge in [-0.15, -0.1) is 0 Å². The number of aryl methyl sites for hydroxylation is 1. The monoisotopic (exact) mass is 328 g/mol. The van der Waals surface area contributed by atoms with E-state index in [1.165, 1.54) is 27.6 Å². The van der Waals surface area contributed by atoms with Crippen molar-refractivity contribution in [3.05, 3.63) is 77.0 Å². The molecule has 0 saturated carbocycles. The number of fused-ring (bicyclic) bond motifs is 2. The largest absolute Gasteiger partial charge is 0.277 e. The Labute approximate surface area is 149 Å². The van der Waals surface area contributed by atoms with Crippen LogP contribution >= 0.6 is 0 Å². The zero-order valence-corrected chi connectivity index (χ0v) is 15.6. The fourth-order valence-corrected chi connectivity index (χ4v) is 3.80. The predicted octanol–water partition coefficient (Wildman–Crippen LogP) is 5.45. The topological polar surface area (TPSA) is 25.2 Å². The number of aliphatic imine (C=N–C) groups is 1. The highest BCUT2D eigenvalue weighted by atomic mass is 14.9. The van der Waals surface area contributed by atoms with Crippen molar-refractivity contribution in [3.8, 4) is 0 Å². The summed E-state index contributed by atoms with van der Waals surface area (Å²) in [5.74, 6) is 0. The summed E-state index contributed by atoms with van der Waals surface area (Å²) >= 11 is 0. The van der Waals surface area contributed by atoms with Crippen molar-refractivity contribution in [2.75, 3.05) is 0 Å². The van der Waals surface area contributed by atoms with Crippen molar-refractivity contribution in [2.45, 2.75) is 45.6 Å². The molecule has 1 aromatic heterocycles. The average Bonchev–Trinajstić information content (AvgIpc) is 2.60. The van der Waals surface area contributed by atoms with E-state index in [0.717, 1.165) is 11.2 Å². The van der Waals surface area contributed by atoms with Crippen molar-refractivity contribution in [2.24, 2.45) is 4.99 Å². The third kappa shape index (κ3) is 2.24. The standard InChI is InChI=1S/C23H24N2/c1-15-17(13-12-16-9-8-14-24-20(15)16)21-18-10-6-7-11-19(18)22(2,3)23(4,5)25-21/h6-14H,1-5H3. The molecule has 25 heavy (non-hydrogen) atoms. The SMILES string of the molecule is Cc1c(C2=NC(C)(C)C(C)(C)c3ccccc32)ccc2cccnc12. The Morgan fingerprint density at radius 1 is 0.800 bits per heavy atom. The minimum absolute atomic E-state index is 0.0178. The molecule has 3 aromatic rings. The van der Waals surface area contributed by atoms with Crippen LogP contribution in [-0.4, -0.2) is 16.2 Å². The maximum atomic E-state index is 5.24. The zero-order valence-electron chi connectivity index (χ0n) is 15.6. The van der Waals surface area contributed by atoms with Crippen molar-refractivity contribution in [3.63, 3.8) is 0 Å². The van der Waals surface area contributed by atoms with Gasteiger partial charge in [-0.05, 0) is 38.0 Å². The van der Waals surface area contributed by atoms with E-state index >= 15 is 0 Å². The second-order valence-electron chi connectivity index (χ2n) is 8.00. The summed E-state index contributed by atoms with van der Waals surface area (Å²) in [5, 5.41) is 1.17. The van der Waals surface area contributed by atoms with Gasteiger partial charge in [-0.1, -0.05) is 56.3 Å². The fraction of sp³-hybridized carbons (Fsp3) is 0.304. The van der Waals surface area contributed by atoms with E-state index in [2.05, 4.69) is 82.1 Å². The highest BCUT2D eigenvalue weighted by Gasteiger charge is 2.43. The normalized spacial score (nSPS) is 17.9. The summed E-state index contributed by atoms with van der Waals surface area (Å²) in [6.07, 6.45) is 1.86. The van der Waals surface area contributed by atoms with Crippen LogP contribution in [0.15, 0.2) is 59.7 Å². The summed E-state index contributed by atoms with van der Waals surface area (Å²) < 4.78 is 0. The molecule has 0 fully saturated rings. The molecule has 0 unspecified atom stereocenters. The van der Waals surface area contributed by atoms with E-state index in [9.17, 15) is 0 Å². The van der Waals surface area contributed by atoms with E-state index in [1.54, 1.807) is 0 Å². The number of benzene rings is 2. The molecule has 0 bridgehead atoms. The Morgan fingerprint density at radius 2 is 1.56 bits per heavy atom. The summed E-state index contributed by atoms with van der Waals surface area (Å²) in [4.78, 5) is 9.84. The number of rotatable bonds is 1. The molecule has 126 valence electrons. The van der Waals surface area contributed by atoms with Gasteiger partial charge in [0, 0.05) is 28.1 Å². The van der Waals surface area contributed by atoms with Crippen molar-refractivity contribution < 1.29 is 0 Å². The Kier molecular flexibility index (Phi) is 3.37. The lowest BCUT2D eigenvalue weighted by molar-refractivity contribution is 0.303.